The van der Waals surface area contributed by atoms with Gasteiger partial charge in [-0.2, -0.15) is 0 Å². The van der Waals surface area contributed by atoms with Crippen molar-refractivity contribution in [2.75, 3.05) is 24.1 Å². The van der Waals surface area contributed by atoms with Crippen LogP contribution in [-0.4, -0.2) is 33.3 Å². The number of anilines is 2. The van der Waals surface area contributed by atoms with E-state index >= 15 is 0 Å². The van der Waals surface area contributed by atoms with Crippen molar-refractivity contribution in [3.63, 3.8) is 0 Å². The number of hydrogen-bond acceptors (Lipinski definition) is 4. The number of sulfonamides is 1. The molecule has 0 heterocycles. The maximum atomic E-state index is 12.6. The molecule has 0 spiro atoms. The molecule has 150 valence electrons. The highest BCUT2D eigenvalue weighted by atomic mass is 32.2. The zero-order valence-corrected chi connectivity index (χ0v) is 17.1. The maximum Gasteiger partial charge on any atom is 0.261 e. The van der Waals surface area contributed by atoms with Crippen molar-refractivity contribution in [3.8, 4) is 0 Å². The quantitative estimate of drug-likeness (QED) is 0.622. The van der Waals surface area contributed by atoms with Crippen LogP contribution in [0.1, 0.15) is 15.9 Å². The van der Waals surface area contributed by atoms with E-state index in [9.17, 15) is 13.2 Å². The van der Waals surface area contributed by atoms with Gasteiger partial charge in [0.15, 0.2) is 0 Å². The van der Waals surface area contributed by atoms with E-state index in [0.29, 0.717) is 17.8 Å². The molecule has 0 aliphatic rings. The molecule has 0 aromatic heterocycles. The predicted octanol–water partition coefficient (Wildman–Crippen LogP) is 3.80. The minimum absolute atomic E-state index is 0.0888. The van der Waals surface area contributed by atoms with Crippen molar-refractivity contribution in [2.45, 2.75) is 11.4 Å². The van der Waals surface area contributed by atoms with Gasteiger partial charge in [-0.15, -0.1) is 0 Å². The summed E-state index contributed by atoms with van der Waals surface area (Å²) in [5.74, 6) is -0.295. The molecular formula is C22H23N3O3S. The average Bonchev–Trinajstić information content (AvgIpc) is 2.69. The largest absolute Gasteiger partial charge is 0.322 e. The Labute approximate surface area is 171 Å². The van der Waals surface area contributed by atoms with E-state index in [1.54, 1.807) is 24.3 Å². The van der Waals surface area contributed by atoms with Gasteiger partial charge < -0.3 is 10.2 Å². The number of nitrogens with one attached hydrogen (secondary N) is 2. The molecule has 0 radical (unpaired) electrons. The first-order chi connectivity index (χ1) is 13.8. The lowest BCUT2D eigenvalue weighted by Crippen LogP contribution is -2.17. The van der Waals surface area contributed by atoms with Crippen LogP contribution in [0.3, 0.4) is 0 Å². The Bertz CT molecular complexity index is 1080. The van der Waals surface area contributed by atoms with Crippen LogP contribution in [0.2, 0.25) is 0 Å². The fraction of sp³-hybridized carbons (Fsp3) is 0.136. The van der Waals surface area contributed by atoms with Crippen molar-refractivity contribution in [1.29, 1.82) is 0 Å². The van der Waals surface area contributed by atoms with Gasteiger partial charge in [-0.25, -0.2) is 8.42 Å². The van der Waals surface area contributed by atoms with Crippen molar-refractivity contribution in [2.24, 2.45) is 0 Å². The molecule has 3 rings (SSSR count). The van der Waals surface area contributed by atoms with Crippen LogP contribution >= 0.6 is 0 Å². The Hall–Kier alpha value is -3.16. The number of amides is 1. The molecule has 3 aromatic carbocycles. The minimum Gasteiger partial charge on any atom is -0.322 e. The first-order valence-electron chi connectivity index (χ1n) is 9.07. The number of carbonyl (C=O) groups is 1. The first-order valence-corrected chi connectivity index (χ1v) is 10.6. The highest BCUT2D eigenvalue weighted by Gasteiger charge is 2.16. The molecule has 7 heteroatoms. The Morgan fingerprint density at radius 2 is 1.48 bits per heavy atom. The van der Waals surface area contributed by atoms with E-state index in [4.69, 9.17) is 0 Å². The number of nitrogens with zero attached hydrogens (tertiary/aromatic N) is 1. The van der Waals surface area contributed by atoms with Gasteiger partial charge in [0.1, 0.15) is 0 Å². The van der Waals surface area contributed by atoms with Crippen molar-refractivity contribution in [3.05, 3.63) is 90.0 Å². The molecule has 3 aromatic rings. The fourth-order valence-electron chi connectivity index (χ4n) is 2.82. The van der Waals surface area contributed by atoms with Crippen molar-refractivity contribution in [1.82, 2.24) is 4.90 Å². The number of para-hydroxylation sites is 2. The fourth-order valence-corrected chi connectivity index (χ4v) is 3.88. The lowest BCUT2D eigenvalue weighted by Gasteiger charge is -2.15. The summed E-state index contributed by atoms with van der Waals surface area (Å²) < 4.78 is 27.5. The normalized spacial score (nSPS) is 11.3. The highest BCUT2D eigenvalue weighted by Crippen LogP contribution is 2.19. The Balaban J connectivity index is 1.74. The number of carbonyl (C=O) groups excluding carboxylic acids is 1. The minimum atomic E-state index is -3.72. The summed E-state index contributed by atoms with van der Waals surface area (Å²) in [5.41, 5.74) is 2.58. The Kier molecular flexibility index (Phi) is 6.31. The molecule has 0 atom stereocenters. The van der Waals surface area contributed by atoms with Crippen LogP contribution in [0.5, 0.6) is 0 Å². The van der Waals surface area contributed by atoms with Crippen LogP contribution < -0.4 is 10.0 Å². The molecule has 0 aliphatic carbocycles. The van der Waals surface area contributed by atoms with Crippen LogP contribution in [0, 0.1) is 0 Å². The van der Waals surface area contributed by atoms with E-state index in [0.717, 1.165) is 11.3 Å². The van der Waals surface area contributed by atoms with E-state index < -0.39 is 10.0 Å². The summed E-state index contributed by atoms with van der Waals surface area (Å²) in [6.07, 6.45) is 0. The summed E-state index contributed by atoms with van der Waals surface area (Å²) in [5, 5.41) is 2.90. The van der Waals surface area contributed by atoms with E-state index in [2.05, 4.69) is 10.0 Å². The van der Waals surface area contributed by atoms with Gasteiger partial charge in [0.2, 0.25) is 0 Å². The molecule has 0 aliphatic heterocycles. The monoisotopic (exact) mass is 409 g/mol. The van der Waals surface area contributed by atoms with Crippen LogP contribution in [-0.2, 0) is 16.6 Å². The number of rotatable bonds is 7. The molecule has 0 saturated carbocycles. The molecule has 0 fully saturated rings. The van der Waals surface area contributed by atoms with E-state index in [1.807, 2.05) is 49.3 Å². The summed E-state index contributed by atoms with van der Waals surface area (Å²) in [7, 11) is 0.197. The lowest BCUT2D eigenvalue weighted by molar-refractivity contribution is 0.102. The van der Waals surface area contributed by atoms with E-state index in [1.165, 1.54) is 24.3 Å². The van der Waals surface area contributed by atoms with Crippen LogP contribution in [0.25, 0.3) is 0 Å². The van der Waals surface area contributed by atoms with Crippen LogP contribution in [0.4, 0.5) is 11.4 Å². The van der Waals surface area contributed by atoms with Crippen molar-refractivity contribution >= 4 is 27.3 Å². The van der Waals surface area contributed by atoms with Gasteiger partial charge in [0, 0.05) is 23.5 Å². The summed E-state index contributed by atoms with van der Waals surface area (Å²) in [6.45, 7) is 0.693. The van der Waals surface area contributed by atoms with Crippen molar-refractivity contribution < 1.29 is 13.2 Å². The summed E-state index contributed by atoms with van der Waals surface area (Å²) in [4.78, 5) is 14.7. The summed E-state index contributed by atoms with van der Waals surface area (Å²) in [6, 6.07) is 22.1. The third-order valence-corrected chi connectivity index (χ3v) is 5.60. The standard InChI is InChI=1S/C22H23N3O3S/c1-25(2)16-18-8-6-7-11-21(18)23-22(26)17-12-14-20(15-13-17)29(27,28)24-19-9-4-3-5-10-19/h3-15,24H,16H2,1-2H3,(H,23,26). The summed E-state index contributed by atoms with van der Waals surface area (Å²) >= 11 is 0. The third-order valence-electron chi connectivity index (χ3n) is 4.20. The highest BCUT2D eigenvalue weighted by molar-refractivity contribution is 7.92. The second kappa shape index (κ2) is 8.89. The van der Waals surface area contributed by atoms with Gasteiger partial charge in [-0.1, -0.05) is 36.4 Å². The topological polar surface area (TPSA) is 78.5 Å². The zero-order valence-electron chi connectivity index (χ0n) is 16.3. The van der Waals surface area contributed by atoms with Gasteiger partial charge in [0.25, 0.3) is 15.9 Å². The second-order valence-electron chi connectivity index (χ2n) is 6.84. The lowest BCUT2D eigenvalue weighted by atomic mass is 10.1. The Morgan fingerprint density at radius 3 is 2.14 bits per heavy atom. The predicted molar refractivity (Wildman–Crippen MR) is 115 cm³/mol. The maximum absolute atomic E-state index is 12.6. The molecular weight excluding hydrogens is 386 g/mol. The molecule has 6 nitrogen and oxygen atoms in total. The average molecular weight is 410 g/mol. The van der Waals surface area contributed by atoms with Crippen LogP contribution in [0.15, 0.2) is 83.8 Å². The molecule has 0 saturated heterocycles. The molecule has 0 unspecified atom stereocenters. The Morgan fingerprint density at radius 1 is 0.862 bits per heavy atom. The molecule has 2 N–H and O–H groups in total. The molecule has 0 bridgehead atoms. The number of hydrogen-bond donors (Lipinski definition) is 2. The van der Waals surface area contributed by atoms with Gasteiger partial charge in [-0.05, 0) is 62.1 Å². The smallest absolute Gasteiger partial charge is 0.261 e. The molecule has 1 amide bonds. The number of benzene rings is 3. The second-order valence-corrected chi connectivity index (χ2v) is 8.53. The third kappa shape index (κ3) is 5.43. The van der Waals surface area contributed by atoms with E-state index in [-0.39, 0.29) is 10.8 Å². The zero-order chi connectivity index (χ0) is 20.9. The van der Waals surface area contributed by atoms with Gasteiger partial charge in [0.05, 0.1) is 4.90 Å². The molecule has 29 heavy (non-hydrogen) atoms. The SMILES string of the molecule is CN(C)Cc1ccccc1NC(=O)c1ccc(S(=O)(=O)Nc2ccccc2)cc1. The first kappa shape index (κ1) is 20.6. The van der Waals surface area contributed by atoms with Gasteiger partial charge >= 0.3 is 0 Å². The van der Waals surface area contributed by atoms with Gasteiger partial charge in [-0.3, -0.25) is 9.52 Å².